The molecule has 0 bridgehead atoms. The van der Waals surface area contributed by atoms with Crippen molar-refractivity contribution in [3.8, 4) is 0 Å². The number of benzene rings is 8. The molecule has 0 saturated heterocycles. The highest BCUT2D eigenvalue weighted by Gasteiger charge is 2.40. The molecule has 8 heteroatoms. The average Bonchev–Trinajstić information content (AvgIpc) is 3.50. The van der Waals surface area contributed by atoms with E-state index in [2.05, 4.69) is 146 Å². The Hall–Kier alpha value is -8.36. The topological polar surface area (TPSA) is 116 Å². The molecule has 0 aromatic heterocycles. The Balaban J connectivity index is 0.000000134. The van der Waals surface area contributed by atoms with Gasteiger partial charge in [0.05, 0.1) is 23.7 Å². The van der Waals surface area contributed by atoms with Crippen LogP contribution in [0.1, 0.15) is 197 Å². The number of fused-ring (bicyclic) bond motifs is 4. The van der Waals surface area contributed by atoms with Gasteiger partial charge in [-0.1, -0.05) is 273 Å². The zero-order valence-corrected chi connectivity index (χ0v) is 49.5. The van der Waals surface area contributed by atoms with Gasteiger partial charge in [-0.25, -0.2) is 0 Å². The van der Waals surface area contributed by atoms with Crippen LogP contribution < -0.4 is 21.3 Å². The summed E-state index contributed by atoms with van der Waals surface area (Å²) >= 11 is 0. The number of carbonyl (C=O) groups excluding carboxylic acids is 4. The zero-order chi connectivity index (χ0) is 58.6. The molecule has 0 radical (unpaired) electrons. The molecule has 4 aliphatic heterocycles. The standard InChI is InChI=1S/4C19H21NO/c4*1-2-3-11-16-15-12-7-8-13-17(15)20-19(21)18(16)14-9-5-4-6-10-14/h4*4-10,12-13,16,18H,2-3,11H2,1H3,(H,20,21)/t4*16-,18+/m1100/s1. The van der Waals surface area contributed by atoms with E-state index in [-0.39, 0.29) is 71.0 Å². The van der Waals surface area contributed by atoms with E-state index in [1.54, 1.807) is 0 Å². The van der Waals surface area contributed by atoms with Gasteiger partial charge in [0.2, 0.25) is 23.6 Å². The minimum atomic E-state index is -0.0763. The number of para-hydroxylation sites is 4. The van der Waals surface area contributed by atoms with Crippen LogP contribution in [0.3, 0.4) is 0 Å². The second-order valence-corrected chi connectivity index (χ2v) is 22.9. The highest BCUT2D eigenvalue weighted by atomic mass is 16.2. The summed E-state index contributed by atoms with van der Waals surface area (Å²) in [6.45, 7) is 8.80. The lowest BCUT2D eigenvalue weighted by Crippen LogP contribution is -2.32. The first-order valence-corrected chi connectivity index (χ1v) is 31.0. The first kappa shape index (κ1) is 60.2. The Morgan fingerprint density at radius 1 is 0.250 bits per heavy atom. The van der Waals surface area contributed by atoms with E-state index in [0.29, 0.717) is 0 Å². The molecule has 0 fully saturated rings. The van der Waals surface area contributed by atoms with Crippen molar-refractivity contribution in [1.82, 2.24) is 0 Å². The van der Waals surface area contributed by atoms with Gasteiger partial charge in [0.25, 0.3) is 0 Å². The summed E-state index contributed by atoms with van der Waals surface area (Å²) in [4.78, 5) is 50.5. The van der Waals surface area contributed by atoms with Crippen molar-refractivity contribution < 1.29 is 19.2 Å². The maximum absolute atomic E-state index is 12.6. The van der Waals surface area contributed by atoms with E-state index in [4.69, 9.17) is 0 Å². The van der Waals surface area contributed by atoms with Gasteiger partial charge < -0.3 is 21.3 Å². The molecule has 0 saturated carbocycles. The van der Waals surface area contributed by atoms with E-state index < -0.39 is 0 Å². The molecular weight excluding hydrogens is 1030 g/mol. The largest absolute Gasteiger partial charge is 0.325 e. The summed E-state index contributed by atoms with van der Waals surface area (Å²) in [5, 5.41) is 12.3. The summed E-state index contributed by atoms with van der Waals surface area (Å²) in [6.07, 6.45) is 13.4. The fourth-order valence-corrected chi connectivity index (χ4v) is 13.2. The van der Waals surface area contributed by atoms with Gasteiger partial charge in [0.15, 0.2) is 0 Å². The third-order valence-electron chi connectivity index (χ3n) is 17.3. The summed E-state index contributed by atoms with van der Waals surface area (Å²) in [5.41, 5.74) is 13.5. The summed E-state index contributed by atoms with van der Waals surface area (Å²) in [5.74, 6) is 1.30. The van der Waals surface area contributed by atoms with Gasteiger partial charge in [-0.05, 0) is 94.5 Å². The van der Waals surface area contributed by atoms with Gasteiger partial charge in [0, 0.05) is 46.4 Å². The summed E-state index contributed by atoms with van der Waals surface area (Å²) in [6, 6.07) is 73.5. The van der Waals surface area contributed by atoms with Crippen molar-refractivity contribution >= 4 is 46.4 Å². The Morgan fingerprint density at radius 3 is 0.619 bits per heavy atom. The lowest BCUT2D eigenvalue weighted by molar-refractivity contribution is -0.119. The van der Waals surface area contributed by atoms with E-state index in [1.165, 1.54) is 22.3 Å². The Kier molecular flexibility index (Phi) is 21.7. The molecule has 0 aliphatic carbocycles. The molecule has 0 unspecified atom stereocenters. The second kappa shape index (κ2) is 30.3. The maximum atomic E-state index is 12.6. The minimum absolute atomic E-state index is 0.0763. The number of amides is 4. The quantitative estimate of drug-likeness (QED) is 0.0771. The number of carbonyl (C=O) groups is 4. The van der Waals surface area contributed by atoms with E-state index in [9.17, 15) is 19.2 Å². The Labute approximate surface area is 499 Å². The van der Waals surface area contributed by atoms with Gasteiger partial charge in [-0.2, -0.15) is 0 Å². The lowest BCUT2D eigenvalue weighted by atomic mass is 9.75. The third kappa shape index (κ3) is 14.5. The number of rotatable bonds is 16. The molecule has 84 heavy (non-hydrogen) atoms. The van der Waals surface area contributed by atoms with Crippen LogP contribution in [-0.4, -0.2) is 23.6 Å². The number of hydrogen-bond donors (Lipinski definition) is 4. The molecule has 8 aromatic carbocycles. The molecule has 0 spiro atoms. The fraction of sp³-hybridized carbons (Fsp3) is 0.316. The number of nitrogens with one attached hydrogen (secondary N) is 4. The van der Waals surface area contributed by atoms with Crippen molar-refractivity contribution in [2.24, 2.45) is 0 Å². The second-order valence-electron chi connectivity index (χ2n) is 22.9. The molecule has 4 aliphatic rings. The predicted molar refractivity (Wildman–Crippen MR) is 346 cm³/mol. The Morgan fingerprint density at radius 2 is 0.429 bits per heavy atom. The zero-order valence-electron chi connectivity index (χ0n) is 49.5. The smallest absolute Gasteiger partial charge is 0.232 e. The highest BCUT2D eigenvalue weighted by molar-refractivity contribution is 6.02. The first-order chi connectivity index (χ1) is 41.2. The molecule has 8 atom stereocenters. The van der Waals surface area contributed by atoms with Crippen LogP contribution in [0.15, 0.2) is 218 Å². The molecule has 4 amide bonds. The maximum Gasteiger partial charge on any atom is 0.232 e. The van der Waals surface area contributed by atoms with Gasteiger partial charge >= 0.3 is 0 Å². The number of anilines is 4. The molecule has 8 nitrogen and oxygen atoms in total. The summed E-state index contributed by atoms with van der Waals surface area (Å²) < 4.78 is 0. The van der Waals surface area contributed by atoms with Crippen LogP contribution in [0.2, 0.25) is 0 Å². The van der Waals surface area contributed by atoms with Crippen LogP contribution in [0.5, 0.6) is 0 Å². The van der Waals surface area contributed by atoms with Crippen LogP contribution in [-0.2, 0) is 19.2 Å². The normalized spacial score (nSPS) is 20.7. The van der Waals surface area contributed by atoms with Crippen molar-refractivity contribution in [1.29, 1.82) is 0 Å². The average molecular weight is 1120 g/mol. The van der Waals surface area contributed by atoms with Crippen molar-refractivity contribution in [2.75, 3.05) is 21.3 Å². The molecular formula is C76H84N4O4. The molecule has 4 N–H and O–H groups in total. The monoisotopic (exact) mass is 1120 g/mol. The molecule has 432 valence electrons. The van der Waals surface area contributed by atoms with Crippen molar-refractivity contribution in [3.63, 3.8) is 0 Å². The highest BCUT2D eigenvalue weighted by Crippen LogP contribution is 2.48. The van der Waals surface area contributed by atoms with Crippen LogP contribution >= 0.6 is 0 Å². The van der Waals surface area contributed by atoms with Gasteiger partial charge in [0.1, 0.15) is 0 Å². The third-order valence-corrected chi connectivity index (χ3v) is 17.3. The molecule has 4 heterocycles. The fourth-order valence-electron chi connectivity index (χ4n) is 13.2. The van der Waals surface area contributed by atoms with Crippen molar-refractivity contribution in [2.45, 2.75) is 152 Å². The van der Waals surface area contributed by atoms with Crippen LogP contribution in [0, 0.1) is 0 Å². The molecule has 12 rings (SSSR count). The van der Waals surface area contributed by atoms with E-state index in [0.717, 1.165) is 122 Å². The molecule has 8 aromatic rings. The predicted octanol–water partition coefficient (Wildman–Crippen LogP) is 18.8. The van der Waals surface area contributed by atoms with E-state index >= 15 is 0 Å². The van der Waals surface area contributed by atoms with Crippen LogP contribution in [0.4, 0.5) is 22.7 Å². The minimum Gasteiger partial charge on any atom is -0.325 e. The summed E-state index contributed by atoms with van der Waals surface area (Å²) in [7, 11) is 0. The lowest BCUT2D eigenvalue weighted by Gasteiger charge is -2.33. The SMILES string of the molecule is CCCC[C@@H]1c2ccccc2NC(=O)[C@H]1c1ccccc1.CCCC[C@@H]1c2ccccc2NC(=O)[C@H]1c1ccccc1.CCCC[C@H]1c2ccccc2NC(=O)[C@@H]1c1ccccc1.CCCC[C@H]1c2ccccc2NC(=O)[C@@H]1c1ccccc1. The van der Waals surface area contributed by atoms with Crippen molar-refractivity contribution in [3.05, 3.63) is 263 Å². The Bertz CT molecular complexity index is 2930. The van der Waals surface area contributed by atoms with E-state index in [1.807, 2.05) is 121 Å². The van der Waals surface area contributed by atoms with Gasteiger partial charge in [-0.15, -0.1) is 0 Å². The number of hydrogen-bond acceptors (Lipinski definition) is 4. The van der Waals surface area contributed by atoms with Crippen LogP contribution in [0.25, 0.3) is 0 Å². The van der Waals surface area contributed by atoms with Gasteiger partial charge in [-0.3, -0.25) is 19.2 Å². The first-order valence-electron chi connectivity index (χ1n) is 31.0. The number of unbranched alkanes of at least 4 members (excludes halogenated alkanes) is 4.